The SMILES string of the molecule is Cc1ccc2nc(C(C)C(C)N)sc2c1. The fraction of sp³-hybridized carbons (Fsp3) is 0.417. The van der Waals surface area contributed by atoms with Crippen LogP contribution in [0.15, 0.2) is 18.2 Å². The van der Waals surface area contributed by atoms with Crippen molar-refractivity contribution >= 4 is 21.6 Å². The third-order valence-electron chi connectivity index (χ3n) is 2.74. The smallest absolute Gasteiger partial charge is 0.0982 e. The lowest BCUT2D eigenvalue weighted by molar-refractivity contribution is 0.611. The van der Waals surface area contributed by atoms with Gasteiger partial charge in [-0.1, -0.05) is 13.0 Å². The second-order valence-corrected chi connectivity index (χ2v) is 5.23. The molecule has 2 atom stereocenters. The topological polar surface area (TPSA) is 38.9 Å². The van der Waals surface area contributed by atoms with Gasteiger partial charge in [0, 0.05) is 12.0 Å². The molecule has 2 nitrogen and oxygen atoms in total. The second kappa shape index (κ2) is 3.91. The minimum atomic E-state index is 0.159. The van der Waals surface area contributed by atoms with Crippen LogP contribution < -0.4 is 5.73 Å². The Hall–Kier alpha value is -0.930. The van der Waals surface area contributed by atoms with Crippen molar-refractivity contribution in [3.8, 4) is 0 Å². The number of nitrogens with zero attached hydrogens (tertiary/aromatic N) is 1. The van der Waals surface area contributed by atoms with Gasteiger partial charge in [-0.05, 0) is 31.5 Å². The van der Waals surface area contributed by atoms with Gasteiger partial charge in [-0.25, -0.2) is 4.98 Å². The van der Waals surface area contributed by atoms with E-state index < -0.39 is 0 Å². The molecular weight excluding hydrogens is 204 g/mol. The maximum absolute atomic E-state index is 5.89. The maximum atomic E-state index is 5.89. The van der Waals surface area contributed by atoms with E-state index in [9.17, 15) is 0 Å². The van der Waals surface area contributed by atoms with Crippen LogP contribution in [0.4, 0.5) is 0 Å². The molecule has 15 heavy (non-hydrogen) atoms. The van der Waals surface area contributed by atoms with Gasteiger partial charge in [-0.2, -0.15) is 0 Å². The largest absolute Gasteiger partial charge is 0.327 e. The average Bonchev–Trinajstić information content (AvgIpc) is 2.58. The molecule has 80 valence electrons. The van der Waals surface area contributed by atoms with E-state index in [1.807, 2.05) is 6.92 Å². The zero-order valence-corrected chi connectivity index (χ0v) is 10.1. The Morgan fingerprint density at radius 1 is 1.33 bits per heavy atom. The van der Waals surface area contributed by atoms with Crippen molar-refractivity contribution < 1.29 is 0 Å². The monoisotopic (exact) mass is 220 g/mol. The van der Waals surface area contributed by atoms with Gasteiger partial charge >= 0.3 is 0 Å². The Morgan fingerprint density at radius 3 is 2.73 bits per heavy atom. The van der Waals surface area contributed by atoms with Crippen molar-refractivity contribution in [3.05, 3.63) is 28.8 Å². The minimum absolute atomic E-state index is 0.159. The molecule has 0 amide bonds. The Labute approximate surface area is 94.1 Å². The summed E-state index contributed by atoms with van der Waals surface area (Å²) in [4.78, 5) is 4.61. The van der Waals surface area contributed by atoms with Crippen LogP contribution in [0.25, 0.3) is 10.2 Å². The molecule has 0 saturated heterocycles. The van der Waals surface area contributed by atoms with Gasteiger partial charge in [0.05, 0.1) is 15.2 Å². The maximum Gasteiger partial charge on any atom is 0.0982 e. The highest BCUT2D eigenvalue weighted by atomic mass is 32.1. The van der Waals surface area contributed by atoms with E-state index in [1.54, 1.807) is 11.3 Å². The second-order valence-electron chi connectivity index (χ2n) is 4.17. The van der Waals surface area contributed by atoms with Crippen molar-refractivity contribution in [3.63, 3.8) is 0 Å². The van der Waals surface area contributed by atoms with Crippen LogP contribution in [-0.4, -0.2) is 11.0 Å². The Balaban J connectivity index is 2.47. The summed E-state index contributed by atoms with van der Waals surface area (Å²) in [7, 11) is 0. The average molecular weight is 220 g/mol. The molecule has 0 fully saturated rings. The summed E-state index contributed by atoms with van der Waals surface area (Å²) in [6.45, 7) is 6.27. The molecular formula is C12H16N2S. The molecule has 0 saturated carbocycles. The predicted molar refractivity (Wildman–Crippen MR) is 66.4 cm³/mol. The number of thiazole rings is 1. The summed E-state index contributed by atoms with van der Waals surface area (Å²) < 4.78 is 1.26. The molecule has 2 N–H and O–H groups in total. The summed E-state index contributed by atoms with van der Waals surface area (Å²) in [5.41, 5.74) is 8.26. The highest BCUT2D eigenvalue weighted by Crippen LogP contribution is 2.29. The minimum Gasteiger partial charge on any atom is -0.327 e. The van der Waals surface area contributed by atoms with Crippen LogP contribution in [0.5, 0.6) is 0 Å². The van der Waals surface area contributed by atoms with Gasteiger partial charge in [0.25, 0.3) is 0 Å². The number of hydrogen-bond acceptors (Lipinski definition) is 3. The third-order valence-corrected chi connectivity index (χ3v) is 3.96. The van der Waals surface area contributed by atoms with Gasteiger partial charge in [0.1, 0.15) is 0 Å². The quantitative estimate of drug-likeness (QED) is 0.844. The fourth-order valence-corrected chi connectivity index (χ4v) is 2.70. The molecule has 2 rings (SSSR count). The van der Waals surface area contributed by atoms with Crippen molar-refractivity contribution in [2.45, 2.75) is 32.7 Å². The lowest BCUT2D eigenvalue weighted by Crippen LogP contribution is -2.22. The van der Waals surface area contributed by atoms with Gasteiger partial charge < -0.3 is 5.73 Å². The molecule has 1 heterocycles. The summed E-state index contributed by atoms with van der Waals surface area (Å²) in [6, 6.07) is 6.53. The molecule has 2 aromatic rings. The van der Waals surface area contributed by atoms with Crippen molar-refractivity contribution in [2.24, 2.45) is 5.73 Å². The predicted octanol–water partition coefficient (Wildman–Crippen LogP) is 3.06. The Morgan fingerprint density at radius 2 is 2.07 bits per heavy atom. The van der Waals surface area contributed by atoms with Crippen LogP contribution in [-0.2, 0) is 0 Å². The fourth-order valence-electron chi connectivity index (χ4n) is 1.47. The zero-order chi connectivity index (χ0) is 11.0. The van der Waals surface area contributed by atoms with E-state index in [1.165, 1.54) is 10.3 Å². The molecule has 1 aromatic carbocycles. The molecule has 0 aliphatic rings. The molecule has 2 unspecified atom stereocenters. The molecule has 0 bridgehead atoms. The highest BCUT2D eigenvalue weighted by Gasteiger charge is 2.14. The number of aryl methyl sites for hydroxylation is 1. The van der Waals surface area contributed by atoms with E-state index in [0.717, 1.165) is 10.5 Å². The van der Waals surface area contributed by atoms with Crippen LogP contribution in [0.2, 0.25) is 0 Å². The molecule has 3 heteroatoms. The molecule has 0 aliphatic heterocycles. The standard InChI is InChI=1S/C12H16N2S/c1-7-4-5-10-11(6-7)15-12(14-10)8(2)9(3)13/h4-6,8-9H,13H2,1-3H3. The first-order valence-corrected chi connectivity index (χ1v) is 6.02. The van der Waals surface area contributed by atoms with E-state index >= 15 is 0 Å². The first-order chi connectivity index (χ1) is 7.08. The lowest BCUT2D eigenvalue weighted by atomic mass is 10.1. The number of rotatable bonds is 2. The van der Waals surface area contributed by atoms with Gasteiger partial charge in [0.15, 0.2) is 0 Å². The number of hydrogen-bond donors (Lipinski definition) is 1. The van der Waals surface area contributed by atoms with Crippen LogP contribution in [0, 0.1) is 6.92 Å². The van der Waals surface area contributed by atoms with Crippen molar-refractivity contribution in [2.75, 3.05) is 0 Å². The third kappa shape index (κ3) is 2.03. The number of aromatic nitrogens is 1. The number of nitrogens with two attached hydrogens (primary N) is 1. The van der Waals surface area contributed by atoms with Gasteiger partial charge in [-0.3, -0.25) is 0 Å². The molecule has 0 aliphatic carbocycles. The van der Waals surface area contributed by atoms with Gasteiger partial charge in [-0.15, -0.1) is 11.3 Å². The highest BCUT2D eigenvalue weighted by molar-refractivity contribution is 7.18. The van der Waals surface area contributed by atoms with Crippen molar-refractivity contribution in [1.82, 2.24) is 4.98 Å². The summed E-state index contributed by atoms with van der Waals surface area (Å²) in [6.07, 6.45) is 0. The first-order valence-electron chi connectivity index (χ1n) is 5.20. The zero-order valence-electron chi connectivity index (χ0n) is 9.32. The Kier molecular flexibility index (Phi) is 2.76. The summed E-state index contributed by atoms with van der Waals surface area (Å²) >= 11 is 1.76. The molecule has 0 radical (unpaired) electrons. The van der Waals surface area contributed by atoms with Crippen LogP contribution in [0.1, 0.15) is 30.3 Å². The normalized spacial score (nSPS) is 15.5. The van der Waals surface area contributed by atoms with Gasteiger partial charge in [0.2, 0.25) is 0 Å². The van der Waals surface area contributed by atoms with Crippen molar-refractivity contribution in [1.29, 1.82) is 0 Å². The Bertz CT molecular complexity index is 473. The lowest BCUT2D eigenvalue weighted by Gasteiger charge is -2.11. The molecule has 1 aromatic heterocycles. The van der Waals surface area contributed by atoms with Crippen LogP contribution >= 0.6 is 11.3 Å². The van der Waals surface area contributed by atoms with E-state index in [2.05, 4.69) is 37.0 Å². The van der Waals surface area contributed by atoms with E-state index in [-0.39, 0.29) is 6.04 Å². The van der Waals surface area contributed by atoms with E-state index in [0.29, 0.717) is 5.92 Å². The first kappa shape index (κ1) is 10.6. The summed E-state index contributed by atoms with van der Waals surface area (Å²) in [5, 5.41) is 1.14. The summed E-state index contributed by atoms with van der Waals surface area (Å²) in [5.74, 6) is 0.336. The van der Waals surface area contributed by atoms with Crippen LogP contribution in [0.3, 0.4) is 0 Å². The number of fused-ring (bicyclic) bond motifs is 1. The molecule has 0 spiro atoms. The number of benzene rings is 1. The van der Waals surface area contributed by atoms with E-state index in [4.69, 9.17) is 5.73 Å².